The quantitative estimate of drug-likeness (QED) is 0.799. The zero-order chi connectivity index (χ0) is 12.8. The van der Waals surface area contributed by atoms with Gasteiger partial charge in [0.05, 0.1) is 0 Å². The summed E-state index contributed by atoms with van der Waals surface area (Å²) in [6.45, 7) is 1.08. The van der Waals surface area contributed by atoms with E-state index in [1.165, 1.54) is 12.1 Å². The predicted octanol–water partition coefficient (Wildman–Crippen LogP) is 3.30. The molecule has 0 aliphatic heterocycles. The molecular formula is C15H15F2N. The highest BCUT2D eigenvalue weighted by Gasteiger charge is 2.01. The van der Waals surface area contributed by atoms with Gasteiger partial charge in [-0.2, -0.15) is 0 Å². The van der Waals surface area contributed by atoms with E-state index in [0.717, 1.165) is 0 Å². The summed E-state index contributed by atoms with van der Waals surface area (Å²) in [6, 6.07) is 13.3. The van der Waals surface area contributed by atoms with Crippen molar-refractivity contribution in [3.63, 3.8) is 0 Å². The van der Waals surface area contributed by atoms with Gasteiger partial charge in [-0.1, -0.05) is 36.4 Å². The van der Waals surface area contributed by atoms with E-state index in [-0.39, 0.29) is 11.6 Å². The Balaban J connectivity index is 1.80. The molecule has 0 saturated carbocycles. The molecule has 0 amide bonds. The number of benzene rings is 2. The molecule has 0 heterocycles. The predicted molar refractivity (Wildman–Crippen MR) is 68.2 cm³/mol. The largest absolute Gasteiger partial charge is 0.312 e. The fourth-order valence-corrected chi connectivity index (χ4v) is 1.79. The Hall–Kier alpha value is -1.74. The van der Waals surface area contributed by atoms with E-state index in [1.54, 1.807) is 30.3 Å². The van der Waals surface area contributed by atoms with Crippen molar-refractivity contribution in [1.82, 2.24) is 5.32 Å². The van der Waals surface area contributed by atoms with E-state index in [1.807, 2.05) is 6.07 Å². The standard InChI is InChI=1S/C15H15F2N/c16-14-7-3-1-5-12(14)9-10-18-11-13-6-2-4-8-15(13)17/h1-8,18H,9-11H2. The molecule has 2 rings (SSSR count). The van der Waals surface area contributed by atoms with Crippen molar-refractivity contribution < 1.29 is 8.78 Å². The zero-order valence-corrected chi connectivity index (χ0v) is 10.00. The van der Waals surface area contributed by atoms with Gasteiger partial charge in [-0.3, -0.25) is 0 Å². The molecule has 1 N–H and O–H groups in total. The Labute approximate surface area is 105 Å². The Morgan fingerprint density at radius 1 is 0.778 bits per heavy atom. The number of nitrogens with one attached hydrogen (secondary N) is 1. The first kappa shape index (κ1) is 12.7. The van der Waals surface area contributed by atoms with Crippen LogP contribution in [0.3, 0.4) is 0 Å². The zero-order valence-electron chi connectivity index (χ0n) is 10.00. The van der Waals surface area contributed by atoms with Crippen LogP contribution in [0.1, 0.15) is 11.1 Å². The summed E-state index contributed by atoms with van der Waals surface area (Å²) in [4.78, 5) is 0. The van der Waals surface area contributed by atoms with E-state index in [4.69, 9.17) is 0 Å². The van der Waals surface area contributed by atoms with Crippen molar-refractivity contribution in [1.29, 1.82) is 0 Å². The Morgan fingerprint density at radius 3 is 1.94 bits per heavy atom. The summed E-state index contributed by atoms with van der Waals surface area (Å²) in [7, 11) is 0. The minimum absolute atomic E-state index is 0.190. The normalized spacial score (nSPS) is 10.6. The van der Waals surface area contributed by atoms with Gasteiger partial charge in [0, 0.05) is 12.1 Å². The lowest BCUT2D eigenvalue weighted by Gasteiger charge is -2.06. The monoisotopic (exact) mass is 247 g/mol. The van der Waals surface area contributed by atoms with Crippen LogP contribution in [0.25, 0.3) is 0 Å². The van der Waals surface area contributed by atoms with Crippen LogP contribution in [0.5, 0.6) is 0 Å². The molecule has 18 heavy (non-hydrogen) atoms. The topological polar surface area (TPSA) is 12.0 Å². The lowest BCUT2D eigenvalue weighted by molar-refractivity contribution is 0.578. The molecule has 0 saturated heterocycles. The summed E-state index contributed by atoms with van der Waals surface area (Å²) in [5.41, 5.74) is 1.31. The van der Waals surface area contributed by atoms with Gasteiger partial charge in [0.25, 0.3) is 0 Å². The molecule has 2 aromatic rings. The summed E-state index contributed by atoms with van der Waals surface area (Å²) >= 11 is 0. The van der Waals surface area contributed by atoms with Crippen molar-refractivity contribution in [2.45, 2.75) is 13.0 Å². The van der Waals surface area contributed by atoms with Gasteiger partial charge in [0.15, 0.2) is 0 Å². The van der Waals surface area contributed by atoms with E-state index < -0.39 is 0 Å². The first-order valence-electron chi connectivity index (χ1n) is 5.95. The molecule has 94 valence electrons. The molecule has 0 bridgehead atoms. The second-order valence-corrected chi connectivity index (χ2v) is 4.11. The van der Waals surface area contributed by atoms with E-state index in [2.05, 4.69) is 5.32 Å². The molecular weight excluding hydrogens is 232 g/mol. The third-order valence-electron chi connectivity index (χ3n) is 2.80. The second kappa shape index (κ2) is 6.26. The van der Waals surface area contributed by atoms with Gasteiger partial charge in [-0.25, -0.2) is 8.78 Å². The molecule has 0 unspecified atom stereocenters. The average molecular weight is 247 g/mol. The van der Waals surface area contributed by atoms with Gasteiger partial charge >= 0.3 is 0 Å². The number of hydrogen-bond donors (Lipinski definition) is 1. The SMILES string of the molecule is Fc1ccccc1CCNCc1ccccc1F. The van der Waals surface area contributed by atoms with Crippen LogP contribution in [0.4, 0.5) is 8.78 Å². The molecule has 0 aromatic heterocycles. The first-order valence-corrected chi connectivity index (χ1v) is 5.95. The van der Waals surface area contributed by atoms with Crippen LogP contribution >= 0.6 is 0 Å². The molecule has 0 atom stereocenters. The Bertz CT molecular complexity index is 464. The van der Waals surface area contributed by atoms with Gasteiger partial charge in [0.1, 0.15) is 11.6 Å². The highest BCUT2D eigenvalue weighted by atomic mass is 19.1. The van der Waals surface area contributed by atoms with Crippen LogP contribution in [-0.2, 0) is 13.0 Å². The van der Waals surface area contributed by atoms with Gasteiger partial charge in [0.2, 0.25) is 0 Å². The Kier molecular flexibility index (Phi) is 4.42. The fourth-order valence-electron chi connectivity index (χ4n) is 1.79. The minimum atomic E-state index is -0.212. The van der Waals surface area contributed by atoms with Crippen LogP contribution in [0, 0.1) is 11.6 Å². The van der Waals surface area contributed by atoms with Crippen LogP contribution in [-0.4, -0.2) is 6.54 Å². The maximum Gasteiger partial charge on any atom is 0.127 e. The lowest BCUT2D eigenvalue weighted by Crippen LogP contribution is -2.17. The molecule has 3 heteroatoms. The molecule has 0 fully saturated rings. The van der Waals surface area contributed by atoms with Crippen LogP contribution in [0.15, 0.2) is 48.5 Å². The number of rotatable bonds is 5. The summed E-state index contributed by atoms with van der Waals surface area (Å²) in [5, 5.41) is 3.11. The van der Waals surface area contributed by atoms with Crippen molar-refractivity contribution in [2.75, 3.05) is 6.54 Å². The van der Waals surface area contributed by atoms with Crippen LogP contribution < -0.4 is 5.32 Å². The fraction of sp³-hybridized carbons (Fsp3) is 0.200. The maximum atomic E-state index is 13.3. The molecule has 0 radical (unpaired) electrons. The molecule has 1 nitrogen and oxygen atoms in total. The number of halogens is 2. The third-order valence-corrected chi connectivity index (χ3v) is 2.80. The number of hydrogen-bond acceptors (Lipinski definition) is 1. The Morgan fingerprint density at radius 2 is 1.33 bits per heavy atom. The van der Waals surface area contributed by atoms with E-state index >= 15 is 0 Å². The van der Waals surface area contributed by atoms with E-state index in [9.17, 15) is 8.78 Å². The highest BCUT2D eigenvalue weighted by molar-refractivity contribution is 5.18. The van der Waals surface area contributed by atoms with Crippen molar-refractivity contribution in [2.24, 2.45) is 0 Å². The summed E-state index contributed by atoms with van der Waals surface area (Å²) in [6.07, 6.45) is 0.598. The van der Waals surface area contributed by atoms with Crippen molar-refractivity contribution in [3.8, 4) is 0 Å². The highest BCUT2D eigenvalue weighted by Crippen LogP contribution is 2.07. The first-order chi connectivity index (χ1) is 8.77. The van der Waals surface area contributed by atoms with Gasteiger partial charge in [-0.15, -0.1) is 0 Å². The molecule has 0 aliphatic rings. The van der Waals surface area contributed by atoms with Gasteiger partial charge in [-0.05, 0) is 30.7 Å². The molecule has 0 spiro atoms. The van der Waals surface area contributed by atoms with Crippen LogP contribution in [0.2, 0.25) is 0 Å². The van der Waals surface area contributed by atoms with Crippen molar-refractivity contribution >= 4 is 0 Å². The smallest absolute Gasteiger partial charge is 0.127 e. The molecule has 2 aromatic carbocycles. The second-order valence-electron chi connectivity index (χ2n) is 4.11. The molecule has 0 aliphatic carbocycles. The summed E-state index contributed by atoms with van der Waals surface area (Å²) < 4.78 is 26.6. The average Bonchev–Trinajstić information content (AvgIpc) is 2.38. The maximum absolute atomic E-state index is 13.3. The lowest BCUT2D eigenvalue weighted by atomic mass is 10.1. The van der Waals surface area contributed by atoms with Crippen molar-refractivity contribution in [3.05, 3.63) is 71.3 Å². The van der Waals surface area contributed by atoms with E-state index in [0.29, 0.717) is 30.6 Å². The minimum Gasteiger partial charge on any atom is -0.312 e. The third kappa shape index (κ3) is 3.37. The summed E-state index contributed by atoms with van der Waals surface area (Å²) in [5.74, 6) is -0.402. The van der Waals surface area contributed by atoms with Gasteiger partial charge < -0.3 is 5.32 Å².